The zero-order valence-corrected chi connectivity index (χ0v) is 12.9. The van der Waals surface area contributed by atoms with Gasteiger partial charge in [0.2, 0.25) is 5.88 Å². The molecule has 1 atom stereocenters. The molecule has 1 amide bonds. The molecule has 1 aliphatic heterocycles. The van der Waals surface area contributed by atoms with Gasteiger partial charge in [-0.2, -0.15) is 0 Å². The van der Waals surface area contributed by atoms with Gasteiger partial charge >= 0.3 is 5.97 Å². The van der Waals surface area contributed by atoms with Gasteiger partial charge in [0, 0.05) is 12.5 Å². The lowest BCUT2D eigenvalue weighted by atomic mass is 10.0. The lowest BCUT2D eigenvalue weighted by Crippen LogP contribution is -2.34. The van der Waals surface area contributed by atoms with Crippen LogP contribution in [0.3, 0.4) is 0 Å². The Hall–Kier alpha value is -3.16. The second-order valence-electron chi connectivity index (χ2n) is 5.17. The molecular weight excluding hydrogens is 314 g/mol. The van der Waals surface area contributed by atoms with Gasteiger partial charge in [0.05, 0.1) is 13.7 Å². The van der Waals surface area contributed by atoms with E-state index in [1.807, 2.05) is 0 Å². The van der Waals surface area contributed by atoms with E-state index in [0.29, 0.717) is 18.6 Å². The molecule has 2 N–H and O–H groups in total. The van der Waals surface area contributed by atoms with Crippen LogP contribution in [0.1, 0.15) is 27.7 Å². The van der Waals surface area contributed by atoms with Crippen LogP contribution in [0.2, 0.25) is 0 Å². The van der Waals surface area contributed by atoms with Gasteiger partial charge < -0.3 is 19.9 Å². The zero-order valence-electron chi connectivity index (χ0n) is 12.9. The predicted octanol–water partition coefficient (Wildman–Crippen LogP) is 0.976. The molecule has 0 saturated carbocycles. The number of hydrogen-bond acceptors (Lipinski definition) is 6. The second-order valence-corrected chi connectivity index (χ2v) is 5.17. The Balaban J connectivity index is 1.81. The zero-order chi connectivity index (χ0) is 17.1. The number of carboxylic acids is 1. The number of rotatable bonds is 5. The van der Waals surface area contributed by atoms with E-state index in [0.717, 1.165) is 11.3 Å². The summed E-state index contributed by atoms with van der Waals surface area (Å²) in [6.45, 7) is 0.574. The van der Waals surface area contributed by atoms with E-state index in [1.165, 1.54) is 19.2 Å². The van der Waals surface area contributed by atoms with Crippen LogP contribution in [0.25, 0.3) is 0 Å². The first kappa shape index (κ1) is 15.7. The summed E-state index contributed by atoms with van der Waals surface area (Å²) in [7, 11) is 1.43. The molecule has 0 spiro atoms. The fourth-order valence-electron chi connectivity index (χ4n) is 2.43. The summed E-state index contributed by atoms with van der Waals surface area (Å²) in [6.07, 6.45) is 0.716. The van der Waals surface area contributed by atoms with Crippen LogP contribution < -0.4 is 14.8 Å². The normalized spacial score (nSPS) is 13.5. The fourth-order valence-corrected chi connectivity index (χ4v) is 2.43. The van der Waals surface area contributed by atoms with Gasteiger partial charge in [0.15, 0.2) is 11.7 Å². The summed E-state index contributed by atoms with van der Waals surface area (Å²) < 4.78 is 10.3. The summed E-state index contributed by atoms with van der Waals surface area (Å²) in [5, 5.41) is 19.3. The number of ether oxygens (including phenoxy) is 2. The van der Waals surface area contributed by atoms with Crippen LogP contribution in [0.4, 0.5) is 0 Å². The van der Waals surface area contributed by atoms with E-state index in [4.69, 9.17) is 9.47 Å². The number of fused-ring (bicyclic) bond motifs is 1. The van der Waals surface area contributed by atoms with Crippen molar-refractivity contribution in [1.82, 2.24) is 15.5 Å². The Morgan fingerprint density at radius 1 is 1.29 bits per heavy atom. The Bertz CT molecular complexity index is 776. The van der Waals surface area contributed by atoms with Gasteiger partial charge in [-0.15, -0.1) is 10.2 Å². The molecule has 0 bridgehead atoms. The third kappa shape index (κ3) is 3.12. The SMILES string of the molecule is COc1ccc(C(=O)NC(C(=O)O)c2ccc3c(c2)CCO3)nn1. The van der Waals surface area contributed by atoms with Crippen molar-refractivity contribution in [3.63, 3.8) is 0 Å². The van der Waals surface area contributed by atoms with Crippen molar-refractivity contribution in [2.75, 3.05) is 13.7 Å². The third-order valence-corrected chi connectivity index (χ3v) is 3.65. The molecular formula is C16H15N3O5. The first-order valence-corrected chi connectivity index (χ1v) is 7.25. The molecule has 3 rings (SSSR count). The first-order valence-electron chi connectivity index (χ1n) is 7.25. The second kappa shape index (κ2) is 6.53. The number of methoxy groups -OCH3 is 1. The van der Waals surface area contributed by atoms with Crippen molar-refractivity contribution in [3.8, 4) is 11.6 Å². The highest BCUT2D eigenvalue weighted by Gasteiger charge is 2.25. The summed E-state index contributed by atoms with van der Waals surface area (Å²) in [4.78, 5) is 23.8. The molecule has 0 radical (unpaired) electrons. The molecule has 8 heteroatoms. The number of aliphatic carboxylic acids is 1. The van der Waals surface area contributed by atoms with Crippen LogP contribution in [0, 0.1) is 0 Å². The van der Waals surface area contributed by atoms with Crippen LogP contribution in [0.5, 0.6) is 11.6 Å². The van der Waals surface area contributed by atoms with Crippen molar-refractivity contribution in [2.24, 2.45) is 0 Å². The molecule has 1 aromatic heterocycles. The maximum atomic E-state index is 12.2. The van der Waals surface area contributed by atoms with Crippen molar-refractivity contribution in [1.29, 1.82) is 0 Å². The molecule has 1 aromatic carbocycles. The van der Waals surface area contributed by atoms with Crippen molar-refractivity contribution >= 4 is 11.9 Å². The Labute approximate surface area is 137 Å². The number of carbonyl (C=O) groups excluding carboxylic acids is 1. The first-order chi connectivity index (χ1) is 11.6. The van der Waals surface area contributed by atoms with Crippen LogP contribution in [-0.4, -0.2) is 40.9 Å². The molecule has 2 aromatic rings. The minimum atomic E-state index is -1.19. The lowest BCUT2D eigenvalue weighted by molar-refractivity contribution is -0.139. The highest BCUT2D eigenvalue weighted by Crippen LogP contribution is 2.28. The number of carbonyl (C=O) groups is 2. The van der Waals surface area contributed by atoms with E-state index in [-0.39, 0.29) is 11.6 Å². The van der Waals surface area contributed by atoms with Crippen molar-refractivity contribution in [3.05, 3.63) is 47.2 Å². The molecule has 0 saturated heterocycles. The van der Waals surface area contributed by atoms with Gasteiger partial charge in [-0.1, -0.05) is 6.07 Å². The van der Waals surface area contributed by atoms with Gasteiger partial charge in [-0.05, 0) is 29.3 Å². The maximum Gasteiger partial charge on any atom is 0.330 e. The largest absolute Gasteiger partial charge is 0.493 e. The average molecular weight is 329 g/mol. The number of amides is 1. The van der Waals surface area contributed by atoms with Gasteiger partial charge in [-0.3, -0.25) is 4.79 Å². The number of aromatic nitrogens is 2. The highest BCUT2D eigenvalue weighted by molar-refractivity contribution is 5.95. The highest BCUT2D eigenvalue weighted by atomic mass is 16.5. The molecule has 1 aliphatic rings. The van der Waals surface area contributed by atoms with Crippen LogP contribution in [0.15, 0.2) is 30.3 Å². The third-order valence-electron chi connectivity index (χ3n) is 3.65. The van der Waals surface area contributed by atoms with E-state index in [2.05, 4.69) is 15.5 Å². The minimum Gasteiger partial charge on any atom is -0.493 e. The summed E-state index contributed by atoms with van der Waals surface area (Å²) in [6, 6.07) is 6.78. The van der Waals surface area contributed by atoms with Crippen molar-refractivity contribution in [2.45, 2.75) is 12.5 Å². The van der Waals surface area contributed by atoms with E-state index < -0.39 is 17.9 Å². The quantitative estimate of drug-likeness (QED) is 0.841. The Morgan fingerprint density at radius 3 is 2.79 bits per heavy atom. The van der Waals surface area contributed by atoms with Crippen LogP contribution in [-0.2, 0) is 11.2 Å². The van der Waals surface area contributed by atoms with E-state index in [9.17, 15) is 14.7 Å². The topological polar surface area (TPSA) is 111 Å². The monoisotopic (exact) mass is 329 g/mol. The molecule has 0 fully saturated rings. The smallest absolute Gasteiger partial charge is 0.330 e. The van der Waals surface area contributed by atoms with Crippen molar-refractivity contribution < 1.29 is 24.2 Å². The molecule has 2 heterocycles. The number of nitrogens with one attached hydrogen (secondary N) is 1. The van der Waals surface area contributed by atoms with Gasteiger partial charge in [0.1, 0.15) is 5.75 Å². The fraction of sp³-hybridized carbons (Fsp3) is 0.250. The Morgan fingerprint density at radius 2 is 2.12 bits per heavy atom. The molecule has 8 nitrogen and oxygen atoms in total. The minimum absolute atomic E-state index is 0.00606. The summed E-state index contributed by atoms with van der Waals surface area (Å²) in [5.41, 5.74) is 1.41. The van der Waals surface area contributed by atoms with Gasteiger partial charge in [0.25, 0.3) is 5.91 Å². The van der Waals surface area contributed by atoms with Gasteiger partial charge in [-0.25, -0.2) is 4.79 Å². The maximum absolute atomic E-state index is 12.2. The lowest BCUT2D eigenvalue weighted by Gasteiger charge is -2.15. The number of benzene rings is 1. The number of hydrogen-bond donors (Lipinski definition) is 2. The van der Waals surface area contributed by atoms with E-state index in [1.54, 1.807) is 18.2 Å². The predicted molar refractivity (Wildman–Crippen MR) is 82.1 cm³/mol. The molecule has 0 aliphatic carbocycles. The molecule has 124 valence electrons. The average Bonchev–Trinajstić information content (AvgIpc) is 3.06. The van der Waals surface area contributed by atoms with Crippen LogP contribution >= 0.6 is 0 Å². The molecule has 1 unspecified atom stereocenters. The summed E-state index contributed by atoms with van der Waals surface area (Å²) >= 11 is 0. The molecule has 24 heavy (non-hydrogen) atoms. The number of nitrogens with zero attached hydrogens (tertiary/aromatic N) is 2. The number of carboxylic acid groups (broad SMARTS) is 1. The summed E-state index contributed by atoms with van der Waals surface area (Å²) in [5.74, 6) is -0.784. The Kier molecular flexibility index (Phi) is 4.28. The van der Waals surface area contributed by atoms with E-state index >= 15 is 0 Å². The standard InChI is InChI=1S/C16H15N3O5/c1-23-13-5-3-11(18-19-13)15(20)17-14(16(21)22)10-2-4-12-9(8-10)6-7-24-12/h2-5,8,14H,6-7H2,1H3,(H,17,20)(H,21,22).